The van der Waals surface area contributed by atoms with Crippen molar-refractivity contribution in [3.05, 3.63) is 97.2 Å². The minimum absolute atomic E-state index is 0.0975. The molecule has 0 spiro atoms. The second kappa shape index (κ2) is 67.8. The monoisotopic (exact) mass is 1110 g/mol. The van der Waals surface area contributed by atoms with Crippen molar-refractivity contribution in [2.75, 3.05) is 13.2 Å². The molecule has 1 unspecified atom stereocenters. The molecule has 0 heterocycles. The van der Waals surface area contributed by atoms with Crippen LogP contribution >= 0.6 is 0 Å². The SMILES string of the molecule is CC/C=C\C/C=C\C/C=C\C/C=C\C/C=C\C/C=C\C/C=C\CCCC(=O)OC(COC(=O)CCCCCCCCCCCC)COC(=O)CCCCCCCCCCCCCCCCCCC/C=C\CCCCCCCCCC. The Hall–Kier alpha value is -3.67. The number of carbonyl (C=O) groups is 3. The molecule has 0 bridgehead atoms. The Balaban J connectivity index is 4.25. The highest BCUT2D eigenvalue weighted by Gasteiger charge is 2.19. The second-order valence-electron chi connectivity index (χ2n) is 22.7. The van der Waals surface area contributed by atoms with Gasteiger partial charge in [-0.25, -0.2) is 0 Å². The minimum atomic E-state index is -0.807. The molecule has 0 aliphatic carbocycles. The summed E-state index contributed by atoms with van der Waals surface area (Å²) in [4.78, 5) is 38.3. The zero-order chi connectivity index (χ0) is 57.8. The highest BCUT2D eigenvalue weighted by Crippen LogP contribution is 2.17. The first-order valence-corrected chi connectivity index (χ1v) is 34.2. The number of hydrogen-bond donors (Lipinski definition) is 0. The van der Waals surface area contributed by atoms with Crippen molar-refractivity contribution in [3.8, 4) is 0 Å². The van der Waals surface area contributed by atoms with Gasteiger partial charge >= 0.3 is 17.9 Å². The van der Waals surface area contributed by atoms with Crippen LogP contribution < -0.4 is 0 Å². The molecule has 0 saturated carbocycles. The lowest BCUT2D eigenvalue weighted by atomic mass is 10.0. The zero-order valence-electron chi connectivity index (χ0n) is 52.8. The van der Waals surface area contributed by atoms with E-state index < -0.39 is 6.10 Å². The van der Waals surface area contributed by atoms with Gasteiger partial charge in [-0.05, 0) is 96.3 Å². The maximum atomic E-state index is 12.9. The Morgan fingerprint density at radius 3 is 0.812 bits per heavy atom. The Bertz CT molecular complexity index is 1560. The normalized spacial score (nSPS) is 12.7. The Morgan fingerprint density at radius 1 is 0.263 bits per heavy atom. The molecule has 0 rings (SSSR count). The van der Waals surface area contributed by atoms with Crippen molar-refractivity contribution >= 4 is 17.9 Å². The number of hydrogen-bond acceptors (Lipinski definition) is 6. The van der Waals surface area contributed by atoms with Gasteiger partial charge in [-0.15, -0.1) is 0 Å². The summed E-state index contributed by atoms with van der Waals surface area (Å²) in [7, 11) is 0. The van der Waals surface area contributed by atoms with Crippen LogP contribution in [0.15, 0.2) is 97.2 Å². The fourth-order valence-corrected chi connectivity index (χ4v) is 9.72. The van der Waals surface area contributed by atoms with Crippen molar-refractivity contribution in [1.82, 2.24) is 0 Å². The fourth-order valence-electron chi connectivity index (χ4n) is 9.72. The molecule has 0 saturated heterocycles. The fraction of sp³-hybridized carbons (Fsp3) is 0.743. The van der Waals surface area contributed by atoms with E-state index in [2.05, 4.69) is 118 Å². The molecule has 0 aromatic carbocycles. The summed E-state index contributed by atoms with van der Waals surface area (Å²) in [5, 5.41) is 0. The molecule has 0 aromatic rings. The first-order valence-electron chi connectivity index (χ1n) is 34.2. The zero-order valence-corrected chi connectivity index (χ0v) is 52.8. The van der Waals surface area contributed by atoms with Gasteiger partial charge in [-0.3, -0.25) is 14.4 Å². The third-order valence-electron chi connectivity index (χ3n) is 14.8. The van der Waals surface area contributed by atoms with Crippen molar-refractivity contribution < 1.29 is 28.6 Å². The largest absolute Gasteiger partial charge is 0.462 e. The van der Waals surface area contributed by atoms with Crippen LogP contribution in [-0.2, 0) is 28.6 Å². The molecule has 0 amide bonds. The highest BCUT2D eigenvalue weighted by molar-refractivity contribution is 5.71. The smallest absolute Gasteiger partial charge is 0.306 e. The van der Waals surface area contributed by atoms with Gasteiger partial charge in [-0.2, -0.15) is 0 Å². The molecule has 6 heteroatoms. The van der Waals surface area contributed by atoms with E-state index in [-0.39, 0.29) is 37.5 Å². The van der Waals surface area contributed by atoms with Gasteiger partial charge in [0.05, 0.1) is 0 Å². The Kier molecular flexibility index (Phi) is 64.7. The number of esters is 3. The third kappa shape index (κ3) is 65.1. The topological polar surface area (TPSA) is 78.9 Å². The van der Waals surface area contributed by atoms with E-state index in [1.807, 2.05) is 0 Å². The van der Waals surface area contributed by atoms with Crippen LogP contribution in [0.1, 0.15) is 335 Å². The van der Waals surface area contributed by atoms with Gasteiger partial charge in [0.1, 0.15) is 13.2 Å². The molecule has 0 fully saturated rings. The first kappa shape index (κ1) is 76.3. The van der Waals surface area contributed by atoms with Crippen LogP contribution in [0, 0.1) is 0 Å². The summed E-state index contributed by atoms with van der Waals surface area (Å²) in [5.74, 6) is -0.947. The summed E-state index contributed by atoms with van der Waals surface area (Å²) in [6.07, 6.45) is 91.7. The van der Waals surface area contributed by atoms with E-state index in [1.165, 1.54) is 199 Å². The molecule has 80 heavy (non-hydrogen) atoms. The van der Waals surface area contributed by atoms with Crippen LogP contribution in [0.25, 0.3) is 0 Å². The number of unbranched alkanes of at least 4 members (excludes halogenated alkanes) is 35. The van der Waals surface area contributed by atoms with Gasteiger partial charge in [-0.1, -0.05) is 317 Å². The molecule has 6 nitrogen and oxygen atoms in total. The first-order chi connectivity index (χ1) is 39.5. The average molecular weight is 1110 g/mol. The molecular formula is C74H128O6. The van der Waals surface area contributed by atoms with E-state index in [0.717, 1.165) is 89.9 Å². The number of allylic oxidation sites excluding steroid dienone is 16. The molecule has 0 aliphatic rings. The molecule has 0 aliphatic heterocycles. The van der Waals surface area contributed by atoms with Crippen LogP contribution in [0.4, 0.5) is 0 Å². The van der Waals surface area contributed by atoms with E-state index in [4.69, 9.17) is 14.2 Å². The predicted octanol–water partition coefficient (Wildman–Crippen LogP) is 23.6. The standard InChI is InChI=1S/C74H128O6/c1-4-7-10-13-16-19-22-24-26-28-30-32-34-35-36-37-38-39-41-42-44-46-48-50-52-55-58-61-64-67-73(76)79-70-71(69-78-72(75)66-63-60-57-54-21-18-15-12-9-6-3)80-74(77)68-65-62-59-56-53-51-49-47-45-43-40-33-31-29-27-25-23-20-17-14-11-8-5-2/h8,11,17,20,25,27-28,30-31,33,43,45,49,51,56,59,71H,4-7,9-10,12-16,18-19,21-24,26,29,32,34-42,44,46-48,50,52-55,57-58,60-70H2,1-3H3/b11-8-,20-17-,27-25-,30-28-,33-31-,45-43-,51-49-,59-56-. The third-order valence-corrected chi connectivity index (χ3v) is 14.8. The minimum Gasteiger partial charge on any atom is -0.462 e. The van der Waals surface area contributed by atoms with E-state index in [1.54, 1.807) is 0 Å². The quantitative estimate of drug-likeness (QED) is 0.0261. The average Bonchev–Trinajstić information content (AvgIpc) is 3.46. The van der Waals surface area contributed by atoms with E-state index in [0.29, 0.717) is 19.3 Å². The maximum absolute atomic E-state index is 12.9. The molecule has 1 atom stereocenters. The van der Waals surface area contributed by atoms with Crippen LogP contribution in [-0.4, -0.2) is 37.2 Å². The molecule has 0 radical (unpaired) electrons. The van der Waals surface area contributed by atoms with E-state index >= 15 is 0 Å². The lowest BCUT2D eigenvalue weighted by Crippen LogP contribution is -2.30. The van der Waals surface area contributed by atoms with Gasteiger partial charge in [0.2, 0.25) is 0 Å². The Morgan fingerprint density at radius 2 is 0.500 bits per heavy atom. The second-order valence-corrected chi connectivity index (χ2v) is 22.7. The number of ether oxygens (including phenoxy) is 3. The van der Waals surface area contributed by atoms with Crippen LogP contribution in [0.3, 0.4) is 0 Å². The predicted molar refractivity (Wildman–Crippen MR) is 348 cm³/mol. The lowest BCUT2D eigenvalue weighted by molar-refractivity contribution is -0.167. The van der Waals surface area contributed by atoms with Crippen molar-refractivity contribution in [2.45, 2.75) is 341 Å². The van der Waals surface area contributed by atoms with Gasteiger partial charge in [0, 0.05) is 19.3 Å². The summed E-state index contributed by atoms with van der Waals surface area (Å²) in [5.41, 5.74) is 0. The summed E-state index contributed by atoms with van der Waals surface area (Å²) < 4.78 is 16.9. The van der Waals surface area contributed by atoms with Gasteiger partial charge in [0.15, 0.2) is 6.10 Å². The summed E-state index contributed by atoms with van der Waals surface area (Å²) in [6.45, 7) is 6.50. The molecule has 0 aromatic heterocycles. The Labute approximate surface area is 496 Å². The van der Waals surface area contributed by atoms with Crippen LogP contribution in [0.5, 0.6) is 0 Å². The summed E-state index contributed by atoms with van der Waals surface area (Å²) >= 11 is 0. The van der Waals surface area contributed by atoms with Crippen molar-refractivity contribution in [2.24, 2.45) is 0 Å². The van der Waals surface area contributed by atoms with Gasteiger partial charge in [0.25, 0.3) is 0 Å². The molecule has 0 N–H and O–H groups in total. The van der Waals surface area contributed by atoms with Crippen molar-refractivity contribution in [1.29, 1.82) is 0 Å². The highest BCUT2D eigenvalue weighted by atomic mass is 16.6. The maximum Gasteiger partial charge on any atom is 0.306 e. The van der Waals surface area contributed by atoms with Crippen LogP contribution in [0.2, 0.25) is 0 Å². The summed E-state index contributed by atoms with van der Waals surface area (Å²) in [6, 6.07) is 0. The number of carbonyl (C=O) groups excluding carboxylic acids is 3. The van der Waals surface area contributed by atoms with Gasteiger partial charge < -0.3 is 14.2 Å². The molecular weight excluding hydrogens is 985 g/mol. The van der Waals surface area contributed by atoms with E-state index in [9.17, 15) is 14.4 Å². The number of rotatable bonds is 62. The lowest BCUT2D eigenvalue weighted by Gasteiger charge is -2.18. The van der Waals surface area contributed by atoms with Crippen molar-refractivity contribution in [3.63, 3.8) is 0 Å². The molecule has 460 valence electrons.